The molecule has 2 rings (SSSR count). The summed E-state index contributed by atoms with van der Waals surface area (Å²) < 4.78 is 22.0. The number of ether oxygens (including phenoxy) is 4. The van der Waals surface area contributed by atoms with Crippen LogP contribution >= 0.6 is 11.3 Å². The van der Waals surface area contributed by atoms with Gasteiger partial charge in [0, 0.05) is 40.2 Å². The molecule has 27 heavy (non-hydrogen) atoms. The second-order valence-corrected chi connectivity index (χ2v) is 7.15. The number of amides is 1. The molecular formula is C19H29NO6S. The molecule has 1 aliphatic heterocycles. The molecule has 1 aromatic heterocycles. The van der Waals surface area contributed by atoms with Gasteiger partial charge in [-0.15, -0.1) is 0 Å². The average Bonchev–Trinajstić information content (AvgIpc) is 3.23. The third-order valence-corrected chi connectivity index (χ3v) is 5.09. The number of carbonyl (C=O) groups is 1. The van der Waals surface area contributed by atoms with Crippen LogP contribution in [0, 0.1) is 0 Å². The Balaban J connectivity index is 2.07. The summed E-state index contributed by atoms with van der Waals surface area (Å²) in [7, 11) is 4.75. The fourth-order valence-corrected chi connectivity index (χ4v) is 3.52. The maximum atomic E-state index is 12.8. The van der Waals surface area contributed by atoms with E-state index in [1.165, 1.54) is 19.1 Å². The standard InChI is InChI=1S/C19H29NO6S/c1-20(12-18(23-2)24-3)19(22)16-10-15(14-6-9-27-13-14)11-17(26-16)25-8-5-4-7-21/h6,9-10,13,15,17-18,21H,4-5,7-8,11-12H2,1-3H3/t15-,17+/m1/s1. The minimum atomic E-state index is -0.499. The van der Waals surface area contributed by atoms with Gasteiger partial charge in [-0.05, 0) is 41.3 Å². The van der Waals surface area contributed by atoms with Gasteiger partial charge in [0.15, 0.2) is 12.0 Å². The number of thiophene rings is 1. The van der Waals surface area contributed by atoms with Crippen molar-refractivity contribution < 1.29 is 28.8 Å². The Morgan fingerprint density at radius 3 is 2.81 bits per heavy atom. The zero-order valence-corrected chi connectivity index (χ0v) is 16.9. The Bertz CT molecular complexity index is 587. The summed E-state index contributed by atoms with van der Waals surface area (Å²) in [6, 6.07) is 2.05. The van der Waals surface area contributed by atoms with E-state index in [1.54, 1.807) is 18.4 Å². The topological polar surface area (TPSA) is 77.5 Å². The van der Waals surface area contributed by atoms with Gasteiger partial charge in [-0.2, -0.15) is 11.3 Å². The Kier molecular flexibility index (Phi) is 9.23. The number of hydrogen-bond donors (Lipinski definition) is 1. The summed E-state index contributed by atoms with van der Waals surface area (Å²) >= 11 is 1.62. The second-order valence-electron chi connectivity index (χ2n) is 6.37. The predicted octanol–water partition coefficient (Wildman–Crippen LogP) is 2.33. The number of aliphatic hydroxyl groups excluding tert-OH is 1. The monoisotopic (exact) mass is 399 g/mol. The maximum Gasteiger partial charge on any atom is 0.288 e. The lowest BCUT2D eigenvalue weighted by molar-refractivity contribution is -0.158. The van der Waals surface area contributed by atoms with E-state index in [2.05, 4.69) is 11.4 Å². The lowest BCUT2D eigenvalue weighted by atomic mass is 9.95. The number of carbonyl (C=O) groups excluding carboxylic acids is 1. The molecule has 7 nitrogen and oxygen atoms in total. The first-order valence-electron chi connectivity index (χ1n) is 9.03. The van der Waals surface area contributed by atoms with Crippen molar-refractivity contribution >= 4 is 17.2 Å². The van der Waals surface area contributed by atoms with Crippen LogP contribution in [0.15, 0.2) is 28.7 Å². The zero-order chi connectivity index (χ0) is 19.6. The normalized spacial score (nSPS) is 19.7. The van der Waals surface area contributed by atoms with Crippen LogP contribution in [0.5, 0.6) is 0 Å². The molecule has 152 valence electrons. The molecule has 0 radical (unpaired) electrons. The summed E-state index contributed by atoms with van der Waals surface area (Å²) in [4.78, 5) is 14.4. The van der Waals surface area contributed by atoms with E-state index in [0.717, 1.165) is 12.0 Å². The number of rotatable bonds is 11. The molecule has 0 saturated heterocycles. The van der Waals surface area contributed by atoms with Crippen LogP contribution in [0.4, 0.5) is 0 Å². The van der Waals surface area contributed by atoms with E-state index in [9.17, 15) is 4.79 Å². The number of nitrogens with zero attached hydrogens (tertiary/aromatic N) is 1. The summed E-state index contributed by atoms with van der Waals surface area (Å²) in [5.74, 6) is 0.0943. The number of allylic oxidation sites excluding steroid dienone is 1. The summed E-state index contributed by atoms with van der Waals surface area (Å²) in [6.07, 6.45) is 2.95. The molecule has 1 aromatic rings. The van der Waals surface area contributed by atoms with Crippen LogP contribution < -0.4 is 0 Å². The highest BCUT2D eigenvalue weighted by molar-refractivity contribution is 7.08. The van der Waals surface area contributed by atoms with E-state index in [4.69, 9.17) is 24.1 Å². The van der Waals surface area contributed by atoms with E-state index in [1.807, 2.05) is 11.5 Å². The van der Waals surface area contributed by atoms with Crippen LogP contribution in [-0.2, 0) is 23.7 Å². The van der Waals surface area contributed by atoms with Crippen molar-refractivity contribution in [2.24, 2.45) is 0 Å². The first kappa shape index (κ1) is 21.8. The number of likely N-dealkylation sites (N-methyl/N-ethyl adjacent to an activating group) is 1. The van der Waals surface area contributed by atoms with Gasteiger partial charge in [0.2, 0.25) is 6.29 Å². The van der Waals surface area contributed by atoms with Gasteiger partial charge in [0.1, 0.15) is 0 Å². The molecule has 0 aromatic carbocycles. The van der Waals surface area contributed by atoms with Crippen molar-refractivity contribution in [2.45, 2.75) is 37.8 Å². The number of aliphatic hydroxyl groups is 1. The first-order valence-corrected chi connectivity index (χ1v) is 9.97. The lowest BCUT2D eigenvalue weighted by Gasteiger charge is -2.31. The number of methoxy groups -OCH3 is 2. The van der Waals surface area contributed by atoms with Crippen LogP contribution in [0.2, 0.25) is 0 Å². The predicted molar refractivity (Wildman–Crippen MR) is 102 cm³/mol. The van der Waals surface area contributed by atoms with E-state index in [-0.39, 0.29) is 30.7 Å². The molecular weight excluding hydrogens is 370 g/mol. The highest BCUT2D eigenvalue weighted by atomic mass is 32.1. The smallest absolute Gasteiger partial charge is 0.288 e. The van der Waals surface area contributed by atoms with Crippen molar-refractivity contribution in [3.05, 3.63) is 34.2 Å². The Morgan fingerprint density at radius 2 is 2.19 bits per heavy atom. The lowest BCUT2D eigenvalue weighted by Crippen LogP contribution is -2.39. The van der Waals surface area contributed by atoms with E-state index >= 15 is 0 Å². The van der Waals surface area contributed by atoms with Crippen LogP contribution in [0.3, 0.4) is 0 Å². The molecule has 0 unspecified atom stereocenters. The van der Waals surface area contributed by atoms with Crippen LogP contribution in [0.1, 0.15) is 30.7 Å². The molecule has 0 bridgehead atoms. The fraction of sp³-hybridized carbons (Fsp3) is 0.632. The highest BCUT2D eigenvalue weighted by Crippen LogP contribution is 2.33. The average molecular weight is 400 g/mol. The molecule has 0 aliphatic carbocycles. The molecule has 2 atom stereocenters. The zero-order valence-electron chi connectivity index (χ0n) is 16.1. The van der Waals surface area contributed by atoms with Crippen molar-refractivity contribution in [3.8, 4) is 0 Å². The highest BCUT2D eigenvalue weighted by Gasteiger charge is 2.30. The summed E-state index contributed by atoms with van der Waals surface area (Å²) in [5, 5.41) is 13.0. The molecule has 1 amide bonds. The third kappa shape index (κ3) is 6.58. The van der Waals surface area contributed by atoms with Crippen LogP contribution in [-0.4, -0.2) is 69.5 Å². The van der Waals surface area contributed by atoms with Gasteiger partial charge in [-0.25, -0.2) is 0 Å². The Labute approximate surface area is 164 Å². The maximum absolute atomic E-state index is 12.8. The molecule has 1 N–H and O–H groups in total. The van der Waals surface area contributed by atoms with Crippen molar-refractivity contribution in [2.75, 3.05) is 41.0 Å². The quantitative estimate of drug-likeness (QED) is 0.455. The van der Waals surface area contributed by atoms with Gasteiger partial charge >= 0.3 is 0 Å². The molecule has 0 fully saturated rings. The first-order chi connectivity index (χ1) is 13.1. The van der Waals surface area contributed by atoms with Gasteiger partial charge in [0.25, 0.3) is 5.91 Å². The summed E-state index contributed by atoms with van der Waals surface area (Å²) in [6.45, 7) is 0.910. The second kappa shape index (κ2) is 11.4. The fourth-order valence-electron chi connectivity index (χ4n) is 2.80. The minimum Gasteiger partial charge on any atom is -0.459 e. The van der Waals surface area contributed by atoms with E-state index < -0.39 is 12.6 Å². The largest absolute Gasteiger partial charge is 0.459 e. The number of hydrogen-bond acceptors (Lipinski definition) is 7. The van der Waals surface area contributed by atoms with Gasteiger partial charge in [0.05, 0.1) is 13.2 Å². The molecule has 1 aliphatic rings. The van der Waals surface area contributed by atoms with Gasteiger partial charge in [-0.3, -0.25) is 4.79 Å². The molecule has 8 heteroatoms. The molecule has 0 saturated carbocycles. The SMILES string of the molecule is COC(CN(C)C(=O)C1=C[C@@H](c2ccsc2)C[C@@H](OCCCCO)O1)OC. The third-order valence-electron chi connectivity index (χ3n) is 4.39. The van der Waals surface area contributed by atoms with E-state index in [0.29, 0.717) is 19.4 Å². The van der Waals surface area contributed by atoms with Crippen molar-refractivity contribution in [1.82, 2.24) is 4.90 Å². The Morgan fingerprint density at radius 1 is 1.41 bits per heavy atom. The summed E-state index contributed by atoms with van der Waals surface area (Å²) in [5.41, 5.74) is 1.15. The Hall–Kier alpha value is -1.45. The minimum absolute atomic E-state index is 0.0563. The number of unbranched alkanes of at least 4 members (excludes halogenated alkanes) is 1. The molecule has 0 spiro atoms. The van der Waals surface area contributed by atoms with Gasteiger partial charge < -0.3 is 29.0 Å². The molecule has 2 heterocycles. The van der Waals surface area contributed by atoms with Gasteiger partial charge in [-0.1, -0.05) is 0 Å². The van der Waals surface area contributed by atoms with Crippen molar-refractivity contribution in [3.63, 3.8) is 0 Å². The van der Waals surface area contributed by atoms with Crippen molar-refractivity contribution in [1.29, 1.82) is 0 Å². The van der Waals surface area contributed by atoms with Crippen LogP contribution in [0.25, 0.3) is 0 Å².